The van der Waals surface area contributed by atoms with E-state index in [1.165, 1.54) is 0 Å². The van der Waals surface area contributed by atoms with Crippen LogP contribution in [0.4, 0.5) is 0 Å². The number of aliphatic hydroxyl groups is 1. The quantitative estimate of drug-likeness (QED) is 0.915. The molecule has 2 aliphatic rings. The van der Waals surface area contributed by atoms with Crippen LogP contribution >= 0.6 is 0 Å². The summed E-state index contributed by atoms with van der Waals surface area (Å²) in [4.78, 5) is 14.3. The Labute approximate surface area is 130 Å². The fourth-order valence-corrected chi connectivity index (χ4v) is 3.45. The van der Waals surface area contributed by atoms with Crippen LogP contribution < -0.4 is 4.74 Å². The van der Waals surface area contributed by atoms with Crippen LogP contribution in [0.5, 0.6) is 5.75 Å². The van der Waals surface area contributed by atoms with E-state index in [2.05, 4.69) is 0 Å². The maximum absolute atomic E-state index is 12.5. The normalized spacial score (nSPS) is 28.6. The van der Waals surface area contributed by atoms with Crippen LogP contribution in [-0.4, -0.2) is 54.4 Å². The van der Waals surface area contributed by atoms with Crippen molar-refractivity contribution in [3.63, 3.8) is 0 Å². The number of morpholine rings is 1. The molecule has 0 unspecified atom stereocenters. The smallest absolute Gasteiger partial charge is 0.260 e. The van der Waals surface area contributed by atoms with E-state index in [0.717, 1.165) is 19.3 Å². The highest BCUT2D eigenvalue weighted by atomic mass is 16.5. The standard InChI is InChI=1S/C17H23NO4/c19-16-8-4-7-14(16)15-11-21-10-9-18(15)17(20)12-22-13-5-2-1-3-6-13/h1-3,5-6,14-16,19H,4,7-12H2/t14-,15-,16-/m1/s1. The molecule has 3 rings (SSSR count). The Morgan fingerprint density at radius 1 is 1.32 bits per heavy atom. The van der Waals surface area contributed by atoms with Gasteiger partial charge in [0, 0.05) is 12.5 Å². The van der Waals surface area contributed by atoms with Gasteiger partial charge < -0.3 is 19.5 Å². The molecule has 0 bridgehead atoms. The Hall–Kier alpha value is -1.59. The van der Waals surface area contributed by atoms with Crippen molar-refractivity contribution >= 4 is 5.91 Å². The Morgan fingerprint density at radius 3 is 2.86 bits per heavy atom. The molecule has 1 aliphatic carbocycles. The van der Waals surface area contributed by atoms with Gasteiger partial charge in [0.1, 0.15) is 5.75 Å². The van der Waals surface area contributed by atoms with Crippen LogP contribution in [0.25, 0.3) is 0 Å². The van der Waals surface area contributed by atoms with Crippen LogP contribution in [-0.2, 0) is 9.53 Å². The van der Waals surface area contributed by atoms with Crippen LogP contribution in [0.1, 0.15) is 19.3 Å². The summed E-state index contributed by atoms with van der Waals surface area (Å²) >= 11 is 0. The number of ether oxygens (including phenoxy) is 2. The number of hydrogen-bond acceptors (Lipinski definition) is 4. The Balaban J connectivity index is 1.61. The molecule has 1 aromatic carbocycles. The Kier molecular flexibility index (Phi) is 4.95. The molecule has 1 aliphatic heterocycles. The number of benzene rings is 1. The molecule has 1 aromatic rings. The van der Waals surface area contributed by atoms with E-state index in [4.69, 9.17) is 9.47 Å². The van der Waals surface area contributed by atoms with Gasteiger partial charge in [-0.2, -0.15) is 0 Å². The lowest BCUT2D eigenvalue weighted by Crippen LogP contribution is -2.54. The molecule has 1 saturated carbocycles. The van der Waals surface area contributed by atoms with E-state index in [1.807, 2.05) is 35.2 Å². The lowest BCUT2D eigenvalue weighted by atomic mass is 9.94. The first kappa shape index (κ1) is 15.3. The molecule has 1 N–H and O–H groups in total. The van der Waals surface area contributed by atoms with Crippen molar-refractivity contribution in [1.82, 2.24) is 4.90 Å². The van der Waals surface area contributed by atoms with E-state index in [1.54, 1.807) is 0 Å². The van der Waals surface area contributed by atoms with E-state index in [0.29, 0.717) is 25.5 Å². The third-order valence-electron chi connectivity index (χ3n) is 4.62. The number of carbonyl (C=O) groups is 1. The fourth-order valence-electron chi connectivity index (χ4n) is 3.45. The summed E-state index contributed by atoms with van der Waals surface area (Å²) in [7, 11) is 0. The van der Waals surface area contributed by atoms with Crippen molar-refractivity contribution in [2.45, 2.75) is 31.4 Å². The summed E-state index contributed by atoms with van der Waals surface area (Å²) in [6, 6.07) is 9.32. The molecule has 5 nitrogen and oxygen atoms in total. The molecule has 0 aromatic heterocycles. The van der Waals surface area contributed by atoms with Gasteiger partial charge in [0.15, 0.2) is 6.61 Å². The number of aliphatic hydroxyl groups excluding tert-OH is 1. The summed E-state index contributed by atoms with van der Waals surface area (Å²) in [5, 5.41) is 10.1. The number of carbonyl (C=O) groups excluding carboxylic acids is 1. The number of nitrogens with zero attached hydrogens (tertiary/aromatic N) is 1. The third kappa shape index (κ3) is 3.42. The van der Waals surface area contributed by atoms with E-state index in [9.17, 15) is 9.90 Å². The zero-order valence-corrected chi connectivity index (χ0v) is 12.7. The van der Waals surface area contributed by atoms with Gasteiger partial charge in [-0.3, -0.25) is 4.79 Å². The third-order valence-corrected chi connectivity index (χ3v) is 4.62. The first-order chi connectivity index (χ1) is 10.8. The highest BCUT2D eigenvalue weighted by Gasteiger charge is 2.39. The van der Waals surface area contributed by atoms with Gasteiger partial charge in [-0.25, -0.2) is 0 Å². The molecule has 3 atom stereocenters. The molecule has 1 saturated heterocycles. The summed E-state index contributed by atoms with van der Waals surface area (Å²) < 4.78 is 11.1. The van der Waals surface area contributed by atoms with E-state index < -0.39 is 0 Å². The average Bonchev–Trinajstić information content (AvgIpc) is 2.99. The minimum absolute atomic E-state index is 0.0295. The van der Waals surface area contributed by atoms with Crippen LogP contribution in [0.3, 0.4) is 0 Å². The number of hydrogen-bond donors (Lipinski definition) is 1. The van der Waals surface area contributed by atoms with Crippen molar-refractivity contribution in [3.05, 3.63) is 30.3 Å². The van der Waals surface area contributed by atoms with Gasteiger partial charge in [0.2, 0.25) is 0 Å². The SMILES string of the molecule is O=C(COc1ccccc1)N1CCOC[C@@H]1[C@H]1CCC[C@H]1O. The van der Waals surface area contributed by atoms with Gasteiger partial charge in [-0.15, -0.1) is 0 Å². The second kappa shape index (κ2) is 7.11. The van der Waals surface area contributed by atoms with Crippen molar-refractivity contribution in [2.75, 3.05) is 26.4 Å². The summed E-state index contributed by atoms with van der Waals surface area (Å²) in [6.45, 7) is 1.67. The molecular weight excluding hydrogens is 282 g/mol. The summed E-state index contributed by atoms with van der Waals surface area (Å²) in [5.41, 5.74) is 0. The van der Waals surface area contributed by atoms with Crippen LogP contribution in [0.2, 0.25) is 0 Å². The zero-order valence-electron chi connectivity index (χ0n) is 12.7. The number of para-hydroxylation sites is 1. The largest absolute Gasteiger partial charge is 0.484 e. The lowest BCUT2D eigenvalue weighted by Gasteiger charge is -2.40. The molecule has 2 fully saturated rings. The molecule has 5 heteroatoms. The van der Waals surface area contributed by atoms with Crippen molar-refractivity contribution in [1.29, 1.82) is 0 Å². The molecule has 120 valence electrons. The zero-order chi connectivity index (χ0) is 15.4. The summed E-state index contributed by atoms with van der Waals surface area (Å²) in [5.74, 6) is 0.791. The summed E-state index contributed by atoms with van der Waals surface area (Å²) in [6.07, 6.45) is 2.48. The lowest BCUT2D eigenvalue weighted by molar-refractivity contribution is -0.146. The van der Waals surface area contributed by atoms with Crippen molar-refractivity contribution in [2.24, 2.45) is 5.92 Å². The second-order valence-corrected chi connectivity index (χ2v) is 5.99. The van der Waals surface area contributed by atoms with Gasteiger partial charge in [-0.1, -0.05) is 24.6 Å². The highest BCUT2D eigenvalue weighted by Crippen LogP contribution is 2.32. The Bertz CT molecular complexity index is 493. The molecule has 0 radical (unpaired) electrons. The minimum Gasteiger partial charge on any atom is -0.484 e. The van der Waals surface area contributed by atoms with Crippen molar-refractivity contribution in [3.8, 4) is 5.75 Å². The topological polar surface area (TPSA) is 59.0 Å². The van der Waals surface area contributed by atoms with Gasteiger partial charge in [0.05, 0.1) is 25.4 Å². The number of amides is 1. The first-order valence-corrected chi connectivity index (χ1v) is 7.99. The maximum Gasteiger partial charge on any atom is 0.260 e. The van der Waals surface area contributed by atoms with Gasteiger partial charge in [0.25, 0.3) is 5.91 Å². The predicted octanol–water partition coefficient (Wildman–Crippen LogP) is 1.45. The number of rotatable bonds is 4. The van der Waals surface area contributed by atoms with Crippen LogP contribution in [0.15, 0.2) is 30.3 Å². The fraction of sp³-hybridized carbons (Fsp3) is 0.588. The monoisotopic (exact) mass is 305 g/mol. The molecule has 0 spiro atoms. The van der Waals surface area contributed by atoms with E-state index in [-0.39, 0.29) is 30.6 Å². The Morgan fingerprint density at radius 2 is 2.14 bits per heavy atom. The van der Waals surface area contributed by atoms with Crippen LogP contribution in [0, 0.1) is 5.92 Å². The molecule has 1 heterocycles. The molecule has 22 heavy (non-hydrogen) atoms. The maximum atomic E-state index is 12.5. The molecular formula is C17H23NO4. The second-order valence-electron chi connectivity index (χ2n) is 5.99. The average molecular weight is 305 g/mol. The minimum atomic E-state index is -0.322. The van der Waals surface area contributed by atoms with Crippen molar-refractivity contribution < 1.29 is 19.4 Å². The highest BCUT2D eigenvalue weighted by molar-refractivity contribution is 5.78. The van der Waals surface area contributed by atoms with Gasteiger partial charge in [-0.05, 0) is 25.0 Å². The first-order valence-electron chi connectivity index (χ1n) is 7.99. The predicted molar refractivity (Wildman–Crippen MR) is 81.6 cm³/mol. The van der Waals surface area contributed by atoms with Gasteiger partial charge >= 0.3 is 0 Å². The van der Waals surface area contributed by atoms with E-state index >= 15 is 0 Å². The molecule has 1 amide bonds.